The number of anilines is 1. The van der Waals surface area contributed by atoms with Crippen LogP contribution in [0.4, 0.5) is 5.82 Å². The number of aromatic nitrogens is 2. The van der Waals surface area contributed by atoms with Gasteiger partial charge in [0.25, 0.3) is 0 Å². The SMILES string of the molecule is CCCOCCOc1nc(C(C)C)nc(NCC)c1C. The molecule has 0 saturated carbocycles. The number of hydrogen-bond donors (Lipinski definition) is 1. The van der Waals surface area contributed by atoms with E-state index < -0.39 is 0 Å². The highest BCUT2D eigenvalue weighted by atomic mass is 16.5. The first-order valence-corrected chi connectivity index (χ1v) is 7.43. The summed E-state index contributed by atoms with van der Waals surface area (Å²) in [5, 5.41) is 3.26. The minimum atomic E-state index is 0.270. The Labute approximate surface area is 122 Å². The maximum atomic E-state index is 5.75. The van der Waals surface area contributed by atoms with E-state index in [1.165, 1.54) is 0 Å². The number of hydrogen-bond acceptors (Lipinski definition) is 5. The molecule has 1 heterocycles. The van der Waals surface area contributed by atoms with E-state index in [4.69, 9.17) is 9.47 Å². The van der Waals surface area contributed by atoms with Crippen LogP contribution in [0.15, 0.2) is 0 Å². The Morgan fingerprint density at radius 2 is 1.85 bits per heavy atom. The van der Waals surface area contributed by atoms with Gasteiger partial charge in [-0.3, -0.25) is 0 Å². The summed E-state index contributed by atoms with van der Waals surface area (Å²) in [7, 11) is 0. The van der Waals surface area contributed by atoms with E-state index in [0.29, 0.717) is 19.1 Å². The average Bonchev–Trinajstić information content (AvgIpc) is 2.42. The van der Waals surface area contributed by atoms with E-state index in [1.54, 1.807) is 0 Å². The molecule has 0 atom stereocenters. The molecule has 0 aliphatic heterocycles. The first-order chi connectivity index (χ1) is 9.60. The molecule has 1 aromatic heterocycles. The van der Waals surface area contributed by atoms with E-state index in [-0.39, 0.29) is 5.92 Å². The number of nitrogens with zero attached hydrogens (tertiary/aromatic N) is 2. The van der Waals surface area contributed by atoms with Gasteiger partial charge >= 0.3 is 0 Å². The second kappa shape index (κ2) is 8.74. The van der Waals surface area contributed by atoms with Crippen molar-refractivity contribution in [1.29, 1.82) is 0 Å². The topological polar surface area (TPSA) is 56.3 Å². The third-order valence-electron chi connectivity index (χ3n) is 2.79. The normalized spacial score (nSPS) is 10.9. The standard InChI is InChI=1S/C15H27N3O2/c1-6-8-19-9-10-20-15-12(5)14(16-7-2)17-13(18-15)11(3)4/h11H,6-10H2,1-5H3,(H,16,17,18). The molecule has 0 saturated heterocycles. The molecular weight excluding hydrogens is 254 g/mol. The van der Waals surface area contributed by atoms with E-state index in [9.17, 15) is 0 Å². The zero-order chi connectivity index (χ0) is 15.0. The monoisotopic (exact) mass is 281 g/mol. The largest absolute Gasteiger partial charge is 0.475 e. The predicted octanol–water partition coefficient (Wildman–Crippen LogP) is 3.15. The summed E-state index contributed by atoms with van der Waals surface area (Å²) in [5.74, 6) is 2.58. The summed E-state index contributed by atoms with van der Waals surface area (Å²) in [6.45, 7) is 13.0. The zero-order valence-corrected chi connectivity index (χ0v) is 13.3. The van der Waals surface area contributed by atoms with Gasteiger partial charge in [-0.05, 0) is 20.3 Å². The van der Waals surface area contributed by atoms with Crippen LogP contribution in [0.2, 0.25) is 0 Å². The Balaban J connectivity index is 2.76. The van der Waals surface area contributed by atoms with Crippen LogP contribution in [0, 0.1) is 6.92 Å². The van der Waals surface area contributed by atoms with Crippen LogP contribution in [-0.2, 0) is 4.74 Å². The molecule has 20 heavy (non-hydrogen) atoms. The van der Waals surface area contributed by atoms with E-state index in [2.05, 4.69) is 43.0 Å². The minimum Gasteiger partial charge on any atom is -0.475 e. The third-order valence-corrected chi connectivity index (χ3v) is 2.79. The first kappa shape index (κ1) is 16.7. The maximum Gasteiger partial charge on any atom is 0.221 e. The van der Waals surface area contributed by atoms with Gasteiger partial charge in [-0.1, -0.05) is 20.8 Å². The molecule has 0 aliphatic rings. The summed E-state index contributed by atoms with van der Waals surface area (Å²) in [4.78, 5) is 9.05. The minimum absolute atomic E-state index is 0.270. The van der Waals surface area contributed by atoms with Crippen molar-refractivity contribution in [3.63, 3.8) is 0 Å². The molecule has 0 spiro atoms. The first-order valence-electron chi connectivity index (χ1n) is 7.43. The highest BCUT2D eigenvalue weighted by molar-refractivity contribution is 5.48. The Morgan fingerprint density at radius 1 is 1.10 bits per heavy atom. The van der Waals surface area contributed by atoms with Crippen molar-refractivity contribution in [2.75, 3.05) is 31.7 Å². The number of rotatable bonds is 9. The van der Waals surface area contributed by atoms with Crippen molar-refractivity contribution >= 4 is 5.82 Å². The molecule has 1 N–H and O–H groups in total. The Kier molecular flexibility index (Phi) is 7.30. The van der Waals surface area contributed by atoms with Crippen molar-refractivity contribution in [2.24, 2.45) is 0 Å². The van der Waals surface area contributed by atoms with Gasteiger partial charge in [0, 0.05) is 19.1 Å². The van der Waals surface area contributed by atoms with E-state index in [1.807, 2.05) is 6.92 Å². The molecule has 0 bridgehead atoms. The van der Waals surface area contributed by atoms with Crippen molar-refractivity contribution < 1.29 is 9.47 Å². The van der Waals surface area contributed by atoms with Gasteiger partial charge in [0.15, 0.2) is 0 Å². The third kappa shape index (κ3) is 4.96. The van der Waals surface area contributed by atoms with Crippen molar-refractivity contribution in [2.45, 2.75) is 47.0 Å². The quantitative estimate of drug-likeness (QED) is 0.705. The number of ether oxygens (including phenoxy) is 2. The molecule has 114 valence electrons. The summed E-state index contributed by atoms with van der Waals surface area (Å²) in [6.07, 6.45) is 1.02. The molecule has 0 unspecified atom stereocenters. The summed E-state index contributed by atoms with van der Waals surface area (Å²) < 4.78 is 11.2. The maximum absolute atomic E-state index is 5.75. The lowest BCUT2D eigenvalue weighted by Gasteiger charge is -2.15. The van der Waals surface area contributed by atoms with Crippen LogP contribution in [0.1, 0.15) is 51.4 Å². The lowest BCUT2D eigenvalue weighted by Crippen LogP contribution is -2.13. The highest BCUT2D eigenvalue weighted by Crippen LogP contribution is 2.24. The fraction of sp³-hybridized carbons (Fsp3) is 0.733. The molecule has 0 fully saturated rings. The van der Waals surface area contributed by atoms with E-state index >= 15 is 0 Å². The van der Waals surface area contributed by atoms with Gasteiger partial charge in [0.1, 0.15) is 18.2 Å². The van der Waals surface area contributed by atoms with Crippen LogP contribution >= 0.6 is 0 Å². The summed E-state index contributed by atoms with van der Waals surface area (Å²) in [6, 6.07) is 0. The van der Waals surface area contributed by atoms with Crippen LogP contribution in [0.25, 0.3) is 0 Å². The fourth-order valence-electron chi connectivity index (χ4n) is 1.69. The van der Waals surface area contributed by atoms with Gasteiger partial charge in [-0.15, -0.1) is 0 Å². The van der Waals surface area contributed by atoms with Gasteiger partial charge in [-0.2, -0.15) is 4.98 Å². The zero-order valence-electron chi connectivity index (χ0n) is 13.3. The molecular formula is C15H27N3O2. The van der Waals surface area contributed by atoms with Crippen LogP contribution in [-0.4, -0.2) is 36.3 Å². The van der Waals surface area contributed by atoms with Crippen molar-refractivity contribution in [3.05, 3.63) is 11.4 Å². The Bertz CT molecular complexity index is 408. The van der Waals surface area contributed by atoms with Crippen LogP contribution in [0.5, 0.6) is 5.88 Å². The molecule has 0 aromatic carbocycles. The molecule has 1 aromatic rings. The smallest absolute Gasteiger partial charge is 0.221 e. The molecule has 0 aliphatic carbocycles. The van der Waals surface area contributed by atoms with Crippen LogP contribution in [0.3, 0.4) is 0 Å². The van der Waals surface area contributed by atoms with Crippen molar-refractivity contribution in [3.8, 4) is 5.88 Å². The van der Waals surface area contributed by atoms with Gasteiger partial charge in [0.05, 0.1) is 12.2 Å². The van der Waals surface area contributed by atoms with Gasteiger partial charge in [0.2, 0.25) is 5.88 Å². The Hall–Kier alpha value is -1.36. The van der Waals surface area contributed by atoms with Crippen LogP contribution < -0.4 is 10.1 Å². The molecule has 0 amide bonds. The number of nitrogens with one attached hydrogen (secondary N) is 1. The molecule has 5 nitrogen and oxygen atoms in total. The Morgan fingerprint density at radius 3 is 2.45 bits per heavy atom. The molecule has 0 radical (unpaired) electrons. The summed E-state index contributed by atoms with van der Waals surface area (Å²) in [5.41, 5.74) is 0.951. The van der Waals surface area contributed by atoms with Crippen molar-refractivity contribution in [1.82, 2.24) is 9.97 Å². The summed E-state index contributed by atoms with van der Waals surface area (Å²) >= 11 is 0. The average molecular weight is 281 g/mol. The second-order valence-electron chi connectivity index (χ2n) is 5.01. The second-order valence-corrected chi connectivity index (χ2v) is 5.01. The fourth-order valence-corrected chi connectivity index (χ4v) is 1.69. The lowest BCUT2D eigenvalue weighted by atomic mass is 10.2. The predicted molar refractivity (Wildman–Crippen MR) is 81.6 cm³/mol. The van der Waals surface area contributed by atoms with Gasteiger partial charge in [-0.25, -0.2) is 4.98 Å². The molecule has 1 rings (SSSR count). The lowest BCUT2D eigenvalue weighted by molar-refractivity contribution is 0.0986. The van der Waals surface area contributed by atoms with E-state index in [0.717, 1.165) is 36.8 Å². The highest BCUT2D eigenvalue weighted by Gasteiger charge is 2.13. The molecule has 5 heteroatoms. The van der Waals surface area contributed by atoms with Gasteiger partial charge < -0.3 is 14.8 Å².